The Morgan fingerprint density at radius 2 is 1.86 bits per heavy atom. The highest BCUT2D eigenvalue weighted by Crippen LogP contribution is 2.21. The van der Waals surface area contributed by atoms with Gasteiger partial charge in [0.1, 0.15) is 0 Å². The second-order valence-corrected chi connectivity index (χ2v) is 6.69. The van der Waals surface area contributed by atoms with Crippen LogP contribution >= 0.6 is 0 Å². The normalized spacial score (nSPS) is 12.9. The van der Waals surface area contributed by atoms with Gasteiger partial charge < -0.3 is 0 Å². The van der Waals surface area contributed by atoms with Crippen molar-refractivity contribution in [1.82, 2.24) is 9.97 Å². The van der Waals surface area contributed by atoms with Crippen molar-refractivity contribution in [1.29, 1.82) is 0 Å². The number of nitrogens with zero attached hydrogens (tertiary/aromatic N) is 2. The van der Waals surface area contributed by atoms with Gasteiger partial charge in [-0.3, -0.25) is 0 Å². The highest BCUT2D eigenvalue weighted by molar-refractivity contribution is 7.92. The summed E-state index contributed by atoms with van der Waals surface area (Å²) in [5.41, 5.74) is 1.83. The molecule has 0 saturated carbocycles. The molecule has 1 heterocycles. The first-order valence-corrected chi connectivity index (χ1v) is 8.33. The summed E-state index contributed by atoms with van der Waals surface area (Å²) in [5, 5.41) is 0. The number of nitrogens with one attached hydrogen (secondary N) is 1. The van der Waals surface area contributed by atoms with Crippen LogP contribution in [0.4, 0.5) is 5.95 Å². The zero-order chi connectivity index (χ0) is 15.5. The topological polar surface area (TPSA) is 72.0 Å². The Bertz CT molecular complexity index is 712. The van der Waals surface area contributed by atoms with Crippen LogP contribution in [0.25, 0.3) is 0 Å². The Morgan fingerprint density at radius 1 is 1.19 bits per heavy atom. The average Bonchev–Trinajstić information content (AvgIpc) is 2.46. The van der Waals surface area contributed by atoms with E-state index in [1.165, 1.54) is 6.20 Å². The van der Waals surface area contributed by atoms with Gasteiger partial charge in [-0.2, -0.15) is 0 Å². The van der Waals surface area contributed by atoms with Crippen LogP contribution in [-0.4, -0.2) is 18.4 Å². The molecule has 1 N–H and O–H groups in total. The van der Waals surface area contributed by atoms with Crippen molar-refractivity contribution in [2.75, 3.05) is 4.72 Å². The molecule has 0 amide bonds. The molecular formula is C15H19N3O2S. The Labute approximate surface area is 125 Å². The van der Waals surface area contributed by atoms with Gasteiger partial charge in [0.05, 0.1) is 4.90 Å². The van der Waals surface area contributed by atoms with Crippen LogP contribution in [0.5, 0.6) is 0 Å². The number of sulfonamides is 1. The molecule has 21 heavy (non-hydrogen) atoms. The summed E-state index contributed by atoms with van der Waals surface area (Å²) in [5.74, 6) is 0.496. The van der Waals surface area contributed by atoms with Gasteiger partial charge in [-0.05, 0) is 43.0 Å². The summed E-state index contributed by atoms with van der Waals surface area (Å²) in [6.45, 7) is 5.99. The quantitative estimate of drug-likeness (QED) is 0.921. The number of aromatic nitrogens is 2. The fraction of sp³-hybridized carbons (Fsp3) is 0.333. The van der Waals surface area contributed by atoms with Gasteiger partial charge in [0.15, 0.2) is 0 Å². The molecule has 6 heteroatoms. The molecule has 0 radical (unpaired) electrons. The van der Waals surface area contributed by atoms with Crippen LogP contribution in [0.15, 0.2) is 41.4 Å². The van der Waals surface area contributed by atoms with Gasteiger partial charge in [0.25, 0.3) is 10.0 Å². The van der Waals surface area contributed by atoms with Crippen molar-refractivity contribution in [3.05, 3.63) is 47.8 Å². The van der Waals surface area contributed by atoms with E-state index in [9.17, 15) is 8.42 Å². The zero-order valence-corrected chi connectivity index (χ0v) is 13.2. The lowest BCUT2D eigenvalue weighted by molar-refractivity contribution is 0.600. The van der Waals surface area contributed by atoms with Crippen LogP contribution in [-0.2, 0) is 10.0 Å². The van der Waals surface area contributed by atoms with Crippen LogP contribution in [0.2, 0.25) is 0 Å². The predicted molar refractivity (Wildman–Crippen MR) is 82.7 cm³/mol. The molecule has 0 fully saturated rings. The third-order valence-electron chi connectivity index (χ3n) is 3.39. The number of benzene rings is 1. The van der Waals surface area contributed by atoms with E-state index in [2.05, 4.69) is 28.5 Å². The van der Waals surface area contributed by atoms with Crippen LogP contribution in [0.1, 0.15) is 37.4 Å². The third-order valence-corrected chi connectivity index (χ3v) is 4.74. The fourth-order valence-electron chi connectivity index (χ4n) is 1.89. The van der Waals surface area contributed by atoms with Crippen molar-refractivity contribution in [3.8, 4) is 0 Å². The third kappa shape index (κ3) is 3.78. The first-order chi connectivity index (χ1) is 9.92. The molecule has 112 valence electrons. The molecule has 0 bridgehead atoms. The maximum atomic E-state index is 12.3. The highest BCUT2D eigenvalue weighted by Gasteiger charge is 2.16. The molecular weight excluding hydrogens is 286 g/mol. The number of aryl methyl sites for hydroxylation is 1. The first-order valence-electron chi connectivity index (χ1n) is 6.85. The minimum absolute atomic E-state index is 0.0843. The SMILES string of the molecule is CC[C@H](C)c1ccc(S(=O)(=O)Nc2nccc(C)n2)cc1. The zero-order valence-electron chi connectivity index (χ0n) is 12.4. The van der Waals surface area contributed by atoms with E-state index in [1.54, 1.807) is 25.1 Å². The Morgan fingerprint density at radius 3 is 2.43 bits per heavy atom. The molecule has 1 aromatic heterocycles. The van der Waals surface area contributed by atoms with Gasteiger partial charge in [0, 0.05) is 11.9 Å². The molecule has 0 aliphatic heterocycles. The average molecular weight is 305 g/mol. The molecule has 0 saturated heterocycles. The Hall–Kier alpha value is -1.95. The van der Waals surface area contributed by atoms with E-state index >= 15 is 0 Å². The van der Waals surface area contributed by atoms with E-state index in [1.807, 2.05) is 12.1 Å². The molecule has 2 aromatic rings. The largest absolute Gasteiger partial charge is 0.264 e. The number of anilines is 1. The number of rotatable bonds is 5. The molecule has 2 rings (SSSR count). The monoisotopic (exact) mass is 305 g/mol. The predicted octanol–water partition coefficient (Wildman–Crippen LogP) is 3.10. The van der Waals surface area contributed by atoms with Crippen molar-refractivity contribution in [3.63, 3.8) is 0 Å². The van der Waals surface area contributed by atoms with Crippen molar-refractivity contribution >= 4 is 16.0 Å². The van der Waals surface area contributed by atoms with Crippen LogP contribution < -0.4 is 4.72 Å². The minimum atomic E-state index is -3.65. The summed E-state index contributed by atoms with van der Waals surface area (Å²) in [4.78, 5) is 8.16. The van der Waals surface area contributed by atoms with E-state index in [-0.39, 0.29) is 10.8 Å². The smallest absolute Gasteiger partial charge is 0.247 e. The first kappa shape index (κ1) is 15.4. The second-order valence-electron chi connectivity index (χ2n) is 5.01. The number of hydrogen-bond donors (Lipinski definition) is 1. The lowest BCUT2D eigenvalue weighted by Crippen LogP contribution is -2.15. The molecule has 0 spiro atoms. The number of hydrogen-bond acceptors (Lipinski definition) is 4. The summed E-state index contributed by atoms with van der Waals surface area (Å²) in [7, 11) is -3.65. The van der Waals surface area contributed by atoms with Gasteiger partial charge in [0.2, 0.25) is 5.95 Å². The molecule has 1 atom stereocenters. The van der Waals surface area contributed by atoms with Gasteiger partial charge in [-0.15, -0.1) is 0 Å². The van der Waals surface area contributed by atoms with Crippen molar-refractivity contribution in [2.45, 2.75) is 38.0 Å². The molecule has 0 aliphatic rings. The van der Waals surface area contributed by atoms with Gasteiger partial charge in [-0.1, -0.05) is 26.0 Å². The summed E-state index contributed by atoms with van der Waals surface area (Å²) >= 11 is 0. The maximum absolute atomic E-state index is 12.3. The van der Waals surface area contributed by atoms with Crippen LogP contribution in [0, 0.1) is 6.92 Å². The molecule has 0 aliphatic carbocycles. The summed E-state index contributed by atoms with van der Waals surface area (Å²) in [6, 6.07) is 8.62. The van der Waals surface area contributed by atoms with Gasteiger partial charge >= 0.3 is 0 Å². The second kappa shape index (κ2) is 6.22. The van der Waals surface area contributed by atoms with E-state index in [4.69, 9.17) is 0 Å². The van der Waals surface area contributed by atoms with Crippen LogP contribution in [0.3, 0.4) is 0 Å². The van der Waals surface area contributed by atoms with E-state index < -0.39 is 10.0 Å². The Balaban J connectivity index is 2.23. The van der Waals surface area contributed by atoms with E-state index in [0.29, 0.717) is 11.6 Å². The molecule has 1 aromatic carbocycles. The standard InChI is InChI=1S/C15H19N3O2S/c1-4-11(2)13-5-7-14(8-6-13)21(19,20)18-15-16-10-9-12(3)17-15/h5-11H,4H2,1-3H3,(H,16,17,18)/t11-/m0/s1. The fourth-order valence-corrected chi connectivity index (χ4v) is 2.84. The molecule has 0 unspecified atom stereocenters. The van der Waals surface area contributed by atoms with Crippen molar-refractivity contribution < 1.29 is 8.42 Å². The highest BCUT2D eigenvalue weighted by atomic mass is 32.2. The maximum Gasteiger partial charge on any atom is 0.264 e. The Kier molecular flexibility index (Phi) is 4.57. The minimum Gasteiger partial charge on any atom is -0.247 e. The summed E-state index contributed by atoms with van der Waals surface area (Å²) in [6.07, 6.45) is 2.54. The van der Waals surface area contributed by atoms with Gasteiger partial charge in [-0.25, -0.2) is 23.1 Å². The van der Waals surface area contributed by atoms with E-state index in [0.717, 1.165) is 12.0 Å². The lowest BCUT2D eigenvalue weighted by Gasteiger charge is -2.10. The molecule has 5 nitrogen and oxygen atoms in total. The summed E-state index contributed by atoms with van der Waals surface area (Å²) < 4.78 is 26.9. The lowest BCUT2D eigenvalue weighted by atomic mass is 9.99. The van der Waals surface area contributed by atoms with Crippen molar-refractivity contribution in [2.24, 2.45) is 0 Å².